The van der Waals surface area contributed by atoms with E-state index >= 15 is 0 Å². The van der Waals surface area contributed by atoms with Crippen LogP contribution in [0.2, 0.25) is 0 Å². The van der Waals surface area contributed by atoms with Crippen LogP contribution < -0.4 is 20.5 Å². The molecule has 218 valence electrons. The number of nitrogens with one attached hydrogen (secondary N) is 1. The standard InChI is InChI=1S/C30H36FN5O5/c1-30(2,3)41-29(39)35-10-11-40-25-14-32-20(12-23(25)35)13-33-22-8-9-34(17-24(22)37)15-19-16-36-26(38)7-5-18-4-6-21(31)27(19)28(18)36/h4-7,12,14,19,22,24,33,37H,8-11,13,15-17H2,1-3H3/t19?,22-,24+/m0/s1. The summed E-state index contributed by atoms with van der Waals surface area (Å²) >= 11 is 0. The molecule has 0 saturated carbocycles. The van der Waals surface area contributed by atoms with E-state index in [9.17, 15) is 19.1 Å². The van der Waals surface area contributed by atoms with Crippen molar-refractivity contribution in [1.29, 1.82) is 0 Å². The number of halogens is 1. The lowest BCUT2D eigenvalue weighted by molar-refractivity contribution is 0.0367. The maximum absolute atomic E-state index is 14.9. The Morgan fingerprint density at radius 3 is 2.80 bits per heavy atom. The molecule has 0 bridgehead atoms. The molecule has 6 rings (SSSR count). The largest absolute Gasteiger partial charge is 0.488 e. The fourth-order valence-electron chi connectivity index (χ4n) is 6.14. The fourth-order valence-corrected chi connectivity index (χ4v) is 6.14. The second kappa shape index (κ2) is 10.7. The number of anilines is 1. The number of nitrogens with zero attached hydrogens (tertiary/aromatic N) is 4. The molecule has 41 heavy (non-hydrogen) atoms. The van der Waals surface area contributed by atoms with Gasteiger partial charge in [-0.2, -0.15) is 0 Å². The highest BCUT2D eigenvalue weighted by Crippen LogP contribution is 2.36. The minimum absolute atomic E-state index is 0.119. The van der Waals surface area contributed by atoms with Gasteiger partial charge >= 0.3 is 6.09 Å². The van der Waals surface area contributed by atoms with Crippen LogP contribution in [-0.4, -0.2) is 76.2 Å². The smallest absolute Gasteiger partial charge is 0.415 e. The monoisotopic (exact) mass is 565 g/mol. The molecule has 0 radical (unpaired) electrons. The van der Waals surface area contributed by atoms with Crippen LogP contribution in [0.1, 0.15) is 44.4 Å². The maximum atomic E-state index is 14.9. The van der Waals surface area contributed by atoms with Gasteiger partial charge < -0.3 is 24.5 Å². The summed E-state index contributed by atoms with van der Waals surface area (Å²) in [5.41, 5.74) is 1.89. The summed E-state index contributed by atoms with van der Waals surface area (Å²) in [6, 6.07) is 8.15. The van der Waals surface area contributed by atoms with Crippen LogP contribution >= 0.6 is 0 Å². The SMILES string of the molecule is CC(C)(C)OC(=O)N1CCOc2cnc(CN[C@H]3CCN(CC4Cn5c(=O)ccc6ccc(F)c4c65)C[C@H]3O)cc21. The molecule has 5 heterocycles. The van der Waals surface area contributed by atoms with Gasteiger partial charge in [0.2, 0.25) is 0 Å². The van der Waals surface area contributed by atoms with E-state index in [2.05, 4.69) is 15.2 Å². The first-order chi connectivity index (χ1) is 19.6. The molecule has 3 atom stereocenters. The average molecular weight is 566 g/mol. The van der Waals surface area contributed by atoms with E-state index < -0.39 is 17.8 Å². The Labute approximate surface area is 237 Å². The summed E-state index contributed by atoms with van der Waals surface area (Å²) in [4.78, 5) is 33.4. The quantitative estimate of drug-likeness (QED) is 0.486. The highest BCUT2D eigenvalue weighted by atomic mass is 19.1. The van der Waals surface area contributed by atoms with Crippen LogP contribution in [0.15, 0.2) is 41.3 Å². The van der Waals surface area contributed by atoms with Gasteiger partial charge in [0.25, 0.3) is 5.56 Å². The number of hydrogen-bond donors (Lipinski definition) is 2. The number of carbonyl (C=O) groups is 1. The predicted octanol–water partition coefficient (Wildman–Crippen LogP) is 2.99. The molecule has 1 aromatic carbocycles. The second-order valence-corrected chi connectivity index (χ2v) is 12.1. The Morgan fingerprint density at radius 2 is 2.02 bits per heavy atom. The maximum Gasteiger partial charge on any atom is 0.415 e. The Bertz CT molecular complexity index is 1540. The van der Waals surface area contributed by atoms with E-state index in [4.69, 9.17) is 9.47 Å². The minimum Gasteiger partial charge on any atom is -0.488 e. The van der Waals surface area contributed by atoms with Gasteiger partial charge in [-0.3, -0.25) is 19.6 Å². The predicted molar refractivity (Wildman–Crippen MR) is 152 cm³/mol. The molecule has 10 nitrogen and oxygen atoms in total. The van der Waals surface area contributed by atoms with E-state index in [-0.39, 0.29) is 23.3 Å². The zero-order valence-electron chi connectivity index (χ0n) is 23.6. The Hall–Kier alpha value is -3.54. The number of pyridine rings is 2. The average Bonchev–Trinajstić information content (AvgIpc) is 3.31. The van der Waals surface area contributed by atoms with Crippen molar-refractivity contribution in [3.8, 4) is 5.75 Å². The summed E-state index contributed by atoms with van der Waals surface area (Å²) < 4.78 is 27.8. The first-order valence-electron chi connectivity index (χ1n) is 14.2. The molecule has 3 aromatic rings. The second-order valence-electron chi connectivity index (χ2n) is 12.1. The first kappa shape index (κ1) is 27.6. The highest BCUT2D eigenvalue weighted by Gasteiger charge is 2.34. The molecule has 1 saturated heterocycles. The Balaban J connectivity index is 1.08. The van der Waals surface area contributed by atoms with Crippen LogP contribution in [-0.2, 0) is 17.8 Å². The van der Waals surface area contributed by atoms with Crippen LogP contribution in [0.3, 0.4) is 0 Å². The number of aromatic nitrogens is 2. The van der Waals surface area contributed by atoms with Crippen molar-refractivity contribution in [2.75, 3.05) is 37.7 Å². The van der Waals surface area contributed by atoms with Crippen LogP contribution in [0.5, 0.6) is 5.75 Å². The highest BCUT2D eigenvalue weighted by molar-refractivity contribution is 5.90. The van der Waals surface area contributed by atoms with Crippen molar-refractivity contribution in [2.24, 2.45) is 0 Å². The number of rotatable bonds is 5. The van der Waals surface area contributed by atoms with Gasteiger partial charge in [-0.25, -0.2) is 9.18 Å². The van der Waals surface area contributed by atoms with Crippen molar-refractivity contribution >= 4 is 22.7 Å². The van der Waals surface area contributed by atoms with Gasteiger partial charge in [-0.05, 0) is 63.4 Å². The molecule has 3 aliphatic heterocycles. The van der Waals surface area contributed by atoms with E-state index in [0.29, 0.717) is 68.3 Å². The number of hydrogen-bond acceptors (Lipinski definition) is 8. The Morgan fingerprint density at radius 1 is 1.22 bits per heavy atom. The normalized spacial score (nSPS) is 22.5. The zero-order valence-corrected chi connectivity index (χ0v) is 23.6. The van der Waals surface area contributed by atoms with Gasteiger partial charge in [-0.1, -0.05) is 0 Å². The number of aliphatic hydroxyl groups is 1. The summed E-state index contributed by atoms with van der Waals surface area (Å²) in [6.45, 7) is 8.82. The molecule has 2 N–H and O–H groups in total. The molecule has 2 aromatic heterocycles. The van der Waals surface area contributed by atoms with Gasteiger partial charge in [0.1, 0.15) is 18.0 Å². The molecule has 11 heteroatoms. The number of amides is 1. The molecular weight excluding hydrogens is 529 g/mol. The van der Waals surface area contributed by atoms with Gasteiger partial charge in [0.15, 0.2) is 5.75 Å². The van der Waals surface area contributed by atoms with Crippen molar-refractivity contribution in [1.82, 2.24) is 19.8 Å². The number of carbonyl (C=O) groups excluding carboxylic acids is 1. The van der Waals surface area contributed by atoms with Crippen molar-refractivity contribution < 1.29 is 23.8 Å². The van der Waals surface area contributed by atoms with E-state index in [0.717, 1.165) is 17.6 Å². The fraction of sp³-hybridized carbons (Fsp3) is 0.500. The molecule has 0 aliphatic carbocycles. The molecular formula is C30H36FN5O5. The van der Waals surface area contributed by atoms with Crippen molar-refractivity contribution in [2.45, 2.75) is 63.9 Å². The number of ether oxygens (including phenoxy) is 2. The molecule has 1 amide bonds. The number of likely N-dealkylation sites (tertiary alicyclic amines) is 1. The third-order valence-corrected chi connectivity index (χ3v) is 8.02. The lowest BCUT2D eigenvalue weighted by Crippen LogP contribution is -2.53. The van der Waals surface area contributed by atoms with Crippen LogP contribution in [0, 0.1) is 5.82 Å². The Kier molecular flexibility index (Phi) is 7.21. The summed E-state index contributed by atoms with van der Waals surface area (Å²) in [5.74, 6) is 0.0904. The third-order valence-electron chi connectivity index (χ3n) is 8.02. The third kappa shape index (κ3) is 5.53. The van der Waals surface area contributed by atoms with Crippen LogP contribution in [0.4, 0.5) is 14.9 Å². The van der Waals surface area contributed by atoms with Gasteiger partial charge in [0, 0.05) is 49.8 Å². The lowest BCUT2D eigenvalue weighted by atomic mass is 9.96. The van der Waals surface area contributed by atoms with Gasteiger partial charge in [0.05, 0.1) is 35.7 Å². The zero-order chi connectivity index (χ0) is 28.9. The molecule has 1 unspecified atom stereocenters. The minimum atomic E-state index is -0.630. The van der Waals surface area contributed by atoms with Crippen molar-refractivity contribution in [3.05, 3.63) is 64.0 Å². The van der Waals surface area contributed by atoms with E-state index in [1.165, 1.54) is 12.1 Å². The first-order valence-corrected chi connectivity index (χ1v) is 14.2. The lowest BCUT2D eigenvalue weighted by Gasteiger charge is -2.37. The van der Waals surface area contributed by atoms with E-state index in [1.54, 1.807) is 27.8 Å². The number of piperidine rings is 1. The van der Waals surface area contributed by atoms with E-state index in [1.807, 2.05) is 26.8 Å². The molecule has 3 aliphatic rings. The number of benzene rings is 1. The summed E-state index contributed by atoms with van der Waals surface area (Å²) in [6.07, 6.45) is 1.26. The van der Waals surface area contributed by atoms with Crippen molar-refractivity contribution in [3.63, 3.8) is 0 Å². The number of aliphatic hydroxyl groups excluding tert-OH is 1. The molecule has 0 spiro atoms. The van der Waals surface area contributed by atoms with Gasteiger partial charge in [-0.15, -0.1) is 0 Å². The number of β-amino-alcohol motifs (C(OH)–C–C–N with tert-alkyl or cyclic N) is 1. The van der Waals surface area contributed by atoms with Crippen LogP contribution in [0.25, 0.3) is 10.9 Å². The topological polar surface area (TPSA) is 109 Å². The summed E-state index contributed by atoms with van der Waals surface area (Å²) in [7, 11) is 0. The number of fused-ring (bicyclic) bond motifs is 1. The molecule has 1 fully saturated rings. The summed E-state index contributed by atoms with van der Waals surface area (Å²) in [5, 5.41) is 15.3.